The van der Waals surface area contributed by atoms with Crippen LogP contribution in [0.3, 0.4) is 0 Å². The van der Waals surface area contributed by atoms with Crippen LogP contribution in [-0.4, -0.2) is 9.97 Å². The highest BCUT2D eigenvalue weighted by atomic mass is 14.7. The highest BCUT2D eigenvalue weighted by Gasteiger charge is 2.05. The number of benzene rings is 1. The number of pyridine rings is 2. The molecule has 0 fully saturated rings. The molecule has 0 atom stereocenters. The van der Waals surface area contributed by atoms with E-state index in [2.05, 4.69) is 35.1 Å². The largest absolute Gasteiger partial charge is 0.256 e. The lowest BCUT2D eigenvalue weighted by atomic mass is 10.1. The van der Waals surface area contributed by atoms with Crippen LogP contribution in [0.15, 0.2) is 36.5 Å². The van der Waals surface area contributed by atoms with Crippen molar-refractivity contribution in [1.29, 1.82) is 0 Å². The molecule has 0 saturated heterocycles. The molecule has 16 heavy (non-hydrogen) atoms. The van der Waals surface area contributed by atoms with Gasteiger partial charge in [-0.15, -0.1) is 0 Å². The molecule has 3 aromatic rings. The maximum Gasteiger partial charge on any atom is 0.0799 e. The third-order valence-corrected chi connectivity index (χ3v) is 2.87. The fourth-order valence-electron chi connectivity index (χ4n) is 2.11. The summed E-state index contributed by atoms with van der Waals surface area (Å²) in [5.74, 6) is 0. The summed E-state index contributed by atoms with van der Waals surface area (Å²) in [6, 6.07) is 10.4. The number of rotatable bonds is 0. The SMILES string of the molecule is Cc1ccc2cc(C)c3ncccc3c2n1. The summed E-state index contributed by atoms with van der Waals surface area (Å²) < 4.78 is 0. The van der Waals surface area contributed by atoms with Crippen LogP contribution >= 0.6 is 0 Å². The van der Waals surface area contributed by atoms with Crippen molar-refractivity contribution in [2.24, 2.45) is 0 Å². The molecule has 0 aliphatic heterocycles. The first kappa shape index (κ1) is 9.28. The summed E-state index contributed by atoms with van der Waals surface area (Å²) in [5, 5.41) is 2.32. The Labute approximate surface area is 94.0 Å². The van der Waals surface area contributed by atoms with Crippen LogP contribution in [0.2, 0.25) is 0 Å². The van der Waals surface area contributed by atoms with Crippen molar-refractivity contribution < 1.29 is 0 Å². The van der Waals surface area contributed by atoms with Crippen LogP contribution in [0.5, 0.6) is 0 Å². The lowest BCUT2D eigenvalue weighted by Gasteiger charge is -2.06. The van der Waals surface area contributed by atoms with Crippen LogP contribution < -0.4 is 0 Å². The maximum absolute atomic E-state index is 4.60. The summed E-state index contributed by atoms with van der Waals surface area (Å²) in [6.45, 7) is 4.11. The maximum atomic E-state index is 4.60. The van der Waals surface area contributed by atoms with Gasteiger partial charge in [-0.05, 0) is 43.7 Å². The van der Waals surface area contributed by atoms with Gasteiger partial charge >= 0.3 is 0 Å². The van der Waals surface area contributed by atoms with Crippen molar-refractivity contribution in [3.8, 4) is 0 Å². The standard InChI is InChI=1S/C14H12N2/c1-9-8-11-6-5-10(2)16-14(11)12-4-3-7-15-13(9)12/h3-8H,1-2H3. The van der Waals surface area contributed by atoms with Gasteiger partial charge in [-0.1, -0.05) is 6.07 Å². The Balaban J connectivity index is 2.61. The molecule has 1 aromatic carbocycles. The third-order valence-electron chi connectivity index (χ3n) is 2.87. The molecule has 2 heteroatoms. The van der Waals surface area contributed by atoms with E-state index in [4.69, 9.17) is 0 Å². The summed E-state index contributed by atoms with van der Waals surface area (Å²) in [7, 11) is 0. The third kappa shape index (κ3) is 1.27. The van der Waals surface area contributed by atoms with Crippen molar-refractivity contribution in [3.63, 3.8) is 0 Å². The minimum absolute atomic E-state index is 1.04. The van der Waals surface area contributed by atoms with E-state index >= 15 is 0 Å². The van der Waals surface area contributed by atoms with Gasteiger partial charge in [0.15, 0.2) is 0 Å². The quantitative estimate of drug-likeness (QED) is 0.529. The zero-order chi connectivity index (χ0) is 11.1. The molecule has 0 radical (unpaired) electrons. The Hall–Kier alpha value is -1.96. The second-order valence-electron chi connectivity index (χ2n) is 4.12. The topological polar surface area (TPSA) is 25.8 Å². The first-order valence-electron chi connectivity index (χ1n) is 5.37. The molecule has 78 valence electrons. The molecule has 0 unspecified atom stereocenters. The second kappa shape index (κ2) is 3.27. The molecular weight excluding hydrogens is 196 g/mol. The van der Waals surface area contributed by atoms with E-state index < -0.39 is 0 Å². The minimum Gasteiger partial charge on any atom is -0.256 e. The zero-order valence-electron chi connectivity index (χ0n) is 9.36. The molecule has 0 bridgehead atoms. The lowest BCUT2D eigenvalue weighted by molar-refractivity contribution is 1.26. The van der Waals surface area contributed by atoms with Crippen LogP contribution in [0.4, 0.5) is 0 Å². The van der Waals surface area contributed by atoms with E-state index in [1.807, 2.05) is 25.3 Å². The molecule has 0 aliphatic carbocycles. The van der Waals surface area contributed by atoms with E-state index in [9.17, 15) is 0 Å². The number of aryl methyl sites for hydroxylation is 2. The van der Waals surface area contributed by atoms with Crippen LogP contribution in [-0.2, 0) is 0 Å². The molecule has 0 aliphatic rings. The summed E-state index contributed by atoms with van der Waals surface area (Å²) in [6.07, 6.45) is 1.83. The first-order valence-corrected chi connectivity index (χ1v) is 5.37. The van der Waals surface area contributed by atoms with Crippen molar-refractivity contribution >= 4 is 21.8 Å². The van der Waals surface area contributed by atoms with E-state index in [-0.39, 0.29) is 0 Å². The molecule has 2 aromatic heterocycles. The van der Waals surface area contributed by atoms with Crippen molar-refractivity contribution in [3.05, 3.63) is 47.8 Å². The van der Waals surface area contributed by atoms with Crippen molar-refractivity contribution in [1.82, 2.24) is 9.97 Å². The number of fused-ring (bicyclic) bond motifs is 3. The number of hydrogen-bond donors (Lipinski definition) is 0. The Kier molecular flexibility index (Phi) is 1.90. The molecule has 0 saturated carbocycles. The van der Waals surface area contributed by atoms with Gasteiger partial charge in [-0.3, -0.25) is 9.97 Å². The molecule has 0 spiro atoms. The molecular formula is C14H12N2. The van der Waals surface area contributed by atoms with Gasteiger partial charge in [0.1, 0.15) is 0 Å². The first-order chi connectivity index (χ1) is 7.75. The van der Waals surface area contributed by atoms with Gasteiger partial charge in [-0.2, -0.15) is 0 Å². The van der Waals surface area contributed by atoms with Gasteiger partial charge < -0.3 is 0 Å². The van der Waals surface area contributed by atoms with Crippen LogP contribution in [0.1, 0.15) is 11.3 Å². The molecule has 0 N–H and O–H groups in total. The molecule has 2 nitrogen and oxygen atoms in total. The van der Waals surface area contributed by atoms with E-state index in [1.165, 1.54) is 10.9 Å². The highest BCUT2D eigenvalue weighted by molar-refractivity contribution is 6.05. The summed E-state index contributed by atoms with van der Waals surface area (Å²) >= 11 is 0. The van der Waals surface area contributed by atoms with E-state index in [0.29, 0.717) is 0 Å². The number of hydrogen-bond acceptors (Lipinski definition) is 2. The lowest BCUT2D eigenvalue weighted by Crippen LogP contribution is -1.89. The van der Waals surface area contributed by atoms with E-state index in [1.54, 1.807) is 0 Å². The molecule has 2 heterocycles. The van der Waals surface area contributed by atoms with Crippen molar-refractivity contribution in [2.75, 3.05) is 0 Å². The summed E-state index contributed by atoms with van der Waals surface area (Å²) in [5.41, 5.74) is 4.34. The fourth-order valence-corrected chi connectivity index (χ4v) is 2.11. The van der Waals surface area contributed by atoms with Gasteiger partial charge in [0.05, 0.1) is 11.0 Å². The van der Waals surface area contributed by atoms with E-state index in [0.717, 1.165) is 22.1 Å². The summed E-state index contributed by atoms with van der Waals surface area (Å²) in [4.78, 5) is 9.03. The van der Waals surface area contributed by atoms with Gasteiger partial charge in [0.25, 0.3) is 0 Å². The van der Waals surface area contributed by atoms with Crippen LogP contribution in [0.25, 0.3) is 21.8 Å². The Morgan fingerprint density at radius 2 is 1.88 bits per heavy atom. The predicted molar refractivity (Wildman–Crippen MR) is 66.5 cm³/mol. The second-order valence-corrected chi connectivity index (χ2v) is 4.12. The Morgan fingerprint density at radius 1 is 1.00 bits per heavy atom. The normalized spacial score (nSPS) is 11.1. The average molecular weight is 208 g/mol. The Bertz CT molecular complexity index is 687. The van der Waals surface area contributed by atoms with Crippen molar-refractivity contribution in [2.45, 2.75) is 13.8 Å². The minimum atomic E-state index is 1.04. The smallest absolute Gasteiger partial charge is 0.0799 e. The van der Waals surface area contributed by atoms with Gasteiger partial charge in [-0.25, -0.2) is 0 Å². The molecule has 0 amide bonds. The van der Waals surface area contributed by atoms with Gasteiger partial charge in [0, 0.05) is 22.7 Å². The fraction of sp³-hybridized carbons (Fsp3) is 0.143. The van der Waals surface area contributed by atoms with Gasteiger partial charge in [0.2, 0.25) is 0 Å². The van der Waals surface area contributed by atoms with Crippen LogP contribution in [0, 0.1) is 13.8 Å². The number of aromatic nitrogens is 2. The zero-order valence-corrected chi connectivity index (χ0v) is 9.36. The molecule has 3 rings (SSSR count). The average Bonchev–Trinajstić information content (AvgIpc) is 2.31. The predicted octanol–water partition coefficient (Wildman–Crippen LogP) is 3.40. The number of nitrogens with zero attached hydrogens (tertiary/aromatic N) is 2. The monoisotopic (exact) mass is 208 g/mol. The highest BCUT2D eigenvalue weighted by Crippen LogP contribution is 2.25. The Morgan fingerprint density at radius 3 is 2.75 bits per heavy atom.